The van der Waals surface area contributed by atoms with Gasteiger partial charge in [-0.15, -0.1) is 11.6 Å². The van der Waals surface area contributed by atoms with E-state index in [9.17, 15) is 0 Å². The first-order valence-corrected chi connectivity index (χ1v) is 7.78. The highest BCUT2D eigenvalue weighted by atomic mass is 35.5. The van der Waals surface area contributed by atoms with Crippen molar-refractivity contribution in [3.63, 3.8) is 0 Å². The molecule has 1 atom stereocenters. The minimum Gasteiger partial charge on any atom is -0.381 e. The van der Waals surface area contributed by atoms with Gasteiger partial charge < -0.3 is 9.30 Å². The summed E-state index contributed by atoms with van der Waals surface area (Å²) < 4.78 is 7.83. The molecule has 0 N–H and O–H groups in total. The summed E-state index contributed by atoms with van der Waals surface area (Å²) in [6.45, 7) is 4.68. The van der Waals surface area contributed by atoms with Crippen molar-refractivity contribution >= 4 is 22.8 Å². The molecule has 5 heteroatoms. The van der Waals surface area contributed by atoms with E-state index in [0.717, 1.165) is 55.3 Å². The summed E-state index contributed by atoms with van der Waals surface area (Å²) in [5, 5.41) is 0. The van der Waals surface area contributed by atoms with E-state index in [2.05, 4.69) is 14.5 Å². The smallest absolute Gasteiger partial charge is 0.160 e. The Labute approximate surface area is 124 Å². The summed E-state index contributed by atoms with van der Waals surface area (Å²) in [6, 6.07) is 4.05. The molecule has 1 aliphatic rings. The maximum Gasteiger partial charge on any atom is 0.160 e. The van der Waals surface area contributed by atoms with Crippen molar-refractivity contribution in [2.75, 3.05) is 19.1 Å². The first kappa shape index (κ1) is 13.8. The van der Waals surface area contributed by atoms with Crippen molar-refractivity contribution in [2.45, 2.75) is 32.7 Å². The monoisotopic (exact) mass is 293 g/mol. The molecule has 1 fully saturated rings. The lowest BCUT2D eigenvalue weighted by Gasteiger charge is -2.23. The number of hydrogen-bond donors (Lipinski definition) is 0. The van der Waals surface area contributed by atoms with Crippen LogP contribution < -0.4 is 0 Å². The second kappa shape index (κ2) is 6.10. The van der Waals surface area contributed by atoms with E-state index in [0.29, 0.717) is 11.8 Å². The molecule has 0 saturated carbocycles. The molecule has 108 valence electrons. The number of hydrogen-bond acceptors (Lipinski definition) is 3. The van der Waals surface area contributed by atoms with E-state index in [1.165, 1.54) is 6.42 Å². The van der Waals surface area contributed by atoms with Crippen LogP contribution in [-0.2, 0) is 17.7 Å². The molecule has 0 radical (unpaired) electrons. The molecule has 3 heterocycles. The van der Waals surface area contributed by atoms with Gasteiger partial charge in [0.2, 0.25) is 0 Å². The van der Waals surface area contributed by atoms with Gasteiger partial charge in [-0.2, -0.15) is 0 Å². The van der Waals surface area contributed by atoms with Crippen LogP contribution in [0.3, 0.4) is 0 Å². The molecule has 0 spiro atoms. The number of halogens is 1. The fourth-order valence-corrected chi connectivity index (χ4v) is 2.99. The summed E-state index contributed by atoms with van der Waals surface area (Å²) in [4.78, 5) is 9.34. The van der Waals surface area contributed by atoms with Gasteiger partial charge in [0.25, 0.3) is 0 Å². The summed E-state index contributed by atoms with van der Waals surface area (Å²) in [5.74, 6) is 2.18. The predicted octanol–water partition coefficient (Wildman–Crippen LogP) is 2.95. The van der Waals surface area contributed by atoms with E-state index in [-0.39, 0.29) is 0 Å². The van der Waals surface area contributed by atoms with Gasteiger partial charge in [0.05, 0.1) is 6.61 Å². The fourth-order valence-electron chi connectivity index (χ4n) is 2.82. The van der Waals surface area contributed by atoms with E-state index in [1.807, 2.05) is 19.1 Å². The Morgan fingerprint density at radius 3 is 3.05 bits per heavy atom. The molecule has 1 aliphatic heterocycles. The maximum absolute atomic E-state index is 5.91. The molecule has 2 aromatic rings. The largest absolute Gasteiger partial charge is 0.381 e. The van der Waals surface area contributed by atoms with Crippen molar-refractivity contribution in [1.82, 2.24) is 14.5 Å². The molecule has 0 amide bonds. The van der Waals surface area contributed by atoms with Crippen molar-refractivity contribution in [1.29, 1.82) is 0 Å². The first-order valence-electron chi connectivity index (χ1n) is 7.24. The SMILES string of the molecule is Cc1ccc2nc(CCCl)n(CC3CCCOC3)c2n1. The van der Waals surface area contributed by atoms with E-state index in [1.54, 1.807) is 0 Å². The number of imidazole rings is 1. The molecular formula is C15H20ClN3O. The van der Waals surface area contributed by atoms with Crippen molar-refractivity contribution < 1.29 is 4.74 Å². The molecule has 0 aliphatic carbocycles. The topological polar surface area (TPSA) is 39.9 Å². The zero-order chi connectivity index (χ0) is 13.9. The Hall–Kier alpha value is -1.13. The molecule has 20 heavy (non-hydrogen) atoms. The Bertz CT molecular complexity index is 590. The van der Waals surface area contributed by atoms with Gasteiger partial charge in [-0.25, -0.2) is 9.97 Å². The highest BCUT2D eigenvalue weighted by molar-refractivity contribution is 6.17. The number of aryl methyl sites for hydroxylation is 2. The average molecular weight is 294 g/mol. The highest BCUT2D eigenvalue weighted by Gasteiger charge is 2.19. The number of nitrogens with zero attached hydrogens (tertiary/aromatic N) is 3. The Balaban J connectivity index is 1.96. The molecule has 0 bridgehead atoms. The van der Waals surface area contributed by atoms with Gasteiger partial charge in [-0.1, -0.05) is 0 Å². The van der Waals surface area contributed by atoms with E-state index >= 15 is 0 Å². The number of alkyl halides is 1. The van der Waals surface area contributed by atoms with Crippen LogP contribution in [0.5, 0.6) is 0 Å². The zero-order valence-electron chi connectivity index (χ0n) is 11.8. The molecule has 1 saturated heterocycles. The molecule has 1 unspecified atom stereocenters. The van der Waals surface area contributed by atoms with Crippen LogP contribution in [0.25, 0.3) is 11.2 Å². The third-order valence-electron chi connectivity index (χ3n) is 3.82. The number of fused-ring (bicyclic) bond motifs is 1. The number of ether oxygens (including phenoxy) is 1. The molecular weight excluding hydrogens is 274 g/mol. The standard InChI is InChI=1S/C15H20ClN3O/c1-11-4-5-13-15(17-11)19(14(18-13)6-7-16)9-12-3-2-8-20-10-12/h4-5,12H,2-3,6-10H2,1H3. The number of rotatable bonds is 4. The summed E-state index contributed by atoms with van der Waals surface area (Å²) >= 11 is 5.91. The van der Waals surface area contributed by atoms with Gasteiger partial charge >= 0.3 is 0 Å². The lowest BCUT2D eigenvalue weighted by molar-refractivity contribution is 0.0484. The second-order valence-corrected chi connectivity index (χ2v) is 5.83. The summed E-state index contributed by atoms with van der Waals surface area (Å²) in [6.07, 6.45) is 3.14. The third-order valence-corrected chi connectivity index (χ3v) is 4.01. The fraction of sp³-hybridized carbons (Fsp3) is 0.600. The quantitative estimate of drug-likeness (QED) is 0.814. The van der Waals surface area contributed by atoms with Crippen LogP contribution in [0, 0.1) is 12.8 Å². The zero-order valence-corrected chi connectivity index (χ0v) is 12.6. The van der Waals surface area contributed by atoms with Gasteiger partial charge in [-0.3, -0.25) is 0 Å². The maximum atomic E-state index is 5.91. The second-order valence-electron chi connectivity index (χ2n) is 5.46. The van der Waals surface area contributed by atoms with Crippen LogP contribution in [0.2, 0.25) is 0 Å². The minimum absolute atomic E-state index is 0.553. The molecule has 0 aromatic carbocycles. The van der Waals surface area contributed by atoms with Gasteiger partial charge in [0.15, 0.2) is 5.65 Å². The molecule has 2 aromatic heterocycles. The Morgan fingerprint density at radius 2 is 2.30 bits per heavy atom. The summed E-state index contributed by atoms with van der Waals surface area (Å²) in [7, 11) is 0. The van der Waals surface area contributed by atoms with Gasteiger partial charge in [-0.05, 0) is 31.9 Å². The average Bonchev–Trinajstić information content (AvgIpc) is 2.78. The minimum atomic E-state index is 0.553. The predicted molar refractivity (Wildman–Crippen MR) is 80.2 cm³/mol. The van der Waals surface area contributed by atoms with E-state index < -0.39 is 0 Å². The highest BCUT2D eigenvalue weighted by Crippen LogP contribution is 2.21. The van der Waals surface area contributed by atoms with Crippen LogP contribution in [0.15, 0.2) is 12.1 Å². The lowest BCUT2D eigenvalue weighted by Crippen LogP contribution is -2.23. The number of aromatic nitrogens is 3. The van der Waals surface area contributed by atoms with Gasteiger partial charge in [0.1, 0.15) is 11.3 Å². The van der Waals surface area contributed by atoms with E-state index in [4.69, 9.17) is 16.3 Å². The first-order chi connectivity index (χ1) is 9.78. The van der Waals surface area contributed by atoms with Crippen LogP contribution >= 0.6 is 11.6 Å². The van der Waals surface area contributed by atoms with Crippen LogP contribution in [0.1, 0.15) is 24.4 Å². The van der Waals surface area contributed by atoms with Gasteiger partial charge in [0, 0.05) is 37.1 Å². The van der Waals surface area contributed by atoms with Crippen molar-refractivity contribution in [3.8, 4) is 0 Å². The normalized spacial score (nSPS) is 19.6. The number of pyridine rings is 1. The van der Waals surface area contributed by atoms with Crippen molar-refractivity contribution in [2.24, 2.45) is 5.92 Å². The van der Waals surface area contributed by atoms with Crippen molar-refractivity contribution in [3.05, 3.63) is 23.7 Å². The molecule has 3 rings (SSSR count). The lowest BCUT2D eigenvalue weighted by atomic mass is 10.0. The molecule has 4 nitrogen and oxygen atoms in total. The Morgan fingerprint density at radius 1 is 1.40 bits per heavy atom. The Kier molecular flexibility index (Phi) is 4.22. The van der Waals surface area contributed by atoms with Crippen LogP contribution in [0.4, 0.5) is 0 Å². The van der Waals surface area contributed by atoms with Crippen LogP contribution in [-0.4, -0.2) is 33.6 Å². The third kappa shape index (κ3) is 2.81. The summed E-state index contributed by atoms with van der Waals surface area (Å²) in [5.41, 5.74) is 2.97.